The molecule has 0 aliphatic heterocycles. The number of amides is 1. The molecule has 0 spiro atoms. The number of hydrogen-bond donors (Lipinski definition) is 2. The van der Waals surface area contributed by atoms with E-state index in [4.69, 9.17) is 0 Å². The fraction of sp³-hybridized carbons (Fsp3) is 0.333. The van der Waals surface area contributed by atoms with Crippen LogP contribution in [0.4, 0.5) is 5.82 Å². The van der Waals surface area contributed by atoms with Crippen LogP contribution in [-0.4, -0.2) is 24.5 Å². The zero-order valence-corrected chi connectivity index (χ0v) is 13.8. The average molecular weight is 299 g/mol. The second-order valence-corrected chi connectivity index (χ2v) is 4.83. The molecule has 22 heavy (non-hydrogen) atoms. The molecule has 0 aliphatic carbocycles. The second-order valence-electron chi connectivity index (χ2n) is 4.83. The molecule has 0 unspecified atom stereocenters. The van der Waals surface area contributed by atoms with E-state index in [1.54, 1.807) is 6.20 Å². The standard InChI is InChI=1S/C15H17N3O.C3H8/c1-3-17-15(19)13-6-4-5-11(9-13)12-7-8-18-14(10-12)16-2;1-3-2/h4-10H,3H2,1-2H3,(H,16,18)(H,17,19);3H2,1-2H3. The number of pyridine rings is 1. The summed E-state index contributed by atoms with van der Waals surface area (Å²) >= 11 is 0. The lowest BCUT2D eigenvalue weighted by Crippen LogP contribution is -2.22. The molecule has 118 valence electrons. The van der Waals surface area contributed by atoms with Gasteiger partial charge in [-0.2, -0.15) is 0 Å². The first-order valence-corrected chi connectivity index (χ1v) is 7.68. The molecule has 2 N–H and O–H groups in total. The summed E-state index contributed by atoms with van der Waals surface area (Å²) < 4.78 is 0. The van der Waals surface area contributed by atoms with E-state index in [0.29, 0.717) is 12.1 Å². The van der Waals surface area contributed by atoms with Gasteiger partial charge in [0.2, 0.25) is 0 Å². The molecule has 1 amide bonds. The van der Waals surface area contributed by atoms with Gasteiger partial charge in [0, 0.05) is 25.4 Å². The van der Waals surface area contributed by atoms with Crippen LogP contribution in [0.25, 0.3) is 11.1 Å². The van der Waals surface area contributed by atoms with E-state index in [1.165, 1.54) is 6.42 Å². The Hall–Kier alpha value is -2.36. The summed E-state index contributed by atoms with van der Waals surface area (Å²) in [6.07, 6.45) is 3.00. The Kier molecular flexibility index (Phi) is 7.68. The van der Waals surface area contributed by atoms with Crippen LogP contribution in [0.15, 0.2) is 42.6 Å². The van der Waals surface area contributed by atoms with Crippen LogP contribution in [0.3, 0.4) is 0 Å². The fourth-order valence-electron chi connectivity index (χ4n) is 1.85. The zero-order valence-electron chi connectivity index (χ0n) is 13.8. The number of carbonyl (C=O) groups excluding carboxylic acids is 1. The molecule has 0 fully saturated rings. The number of nitrogens with one attached hydrogen (secondary N) is 2. The highest BCUT2D eigenvalue weighted by molar-refractivity contribution is 5.95. The van der Waals surface area contributed by atoms with Gasteiger partial charge in [-0.15, -0.1) is 0 Å². The van der Waals surface area contributed by atoms with Crippen LogP contribution in [-0.2, 0) is 0 Å². The normalized spacial score (nSPS) is 9.45. The summed E-state index contributed by atoms with van der Waals surface area (Å²) in [7, 11) is 1.83. The molecule has 1 heterocycles. The van der Waals surface area contributed by atoms with Gasteiger partial charge in [0.15, 0.2) is 0 Å². The highest BCUT2D eigenvalue weighted by Crippen LogP contribution is 2.22. The lowest BCUT2D eigenvalue weighted by molar-refractivity contribution is 0.0956. The summed E-state index contributed by atoms with van der Waals surface area (Å²) in [6, 6.07) is 11.5. The number of carbonyl (C=O) groups is 1. The first-order chi connectivity index (χ1) is 10.7. The van der Waals surface area contributed by atoms with Crippen molar-refractivity contribution in [2.45, 2.75) is 27.2 Å². The highest BCUT2D eigenvalue weighted by atomic mass is 16.1. The Balaban J connectivity index is 0.000000745. The van der Waals surface area contributed by atoms with Gasteiger partial charge in [-0.1, -0.05) is 32.4 Å². The van der Waals surface area contributed by atoms with E-state index in [-0.39, 0.29) is 5.91 Å². The first-order valence-electron chi connectivity index (χ1n) is 7.68. The van der Waals surface area contributed by atoms with Crippen molar-refractivity contribution in [2.24, 2.45) is 0 Å². The van der Waals surface area contributed by atoms with Gasteiger partial charge in [0.1, 0.15) is 5.82 Å². The SMILES string of the molecule is CCC.CCNC(=O)c1cccc(-c2ccnc(NC)c2)c1. The maximum Gasteiger partial charge on any atom is 0.251 e. The van der Waals surface area contributed by atoms with Crippen LogP contribution in [0.1, 0.15) is 37.6 Å². The van der Waals surface area contributed by atoms with Crippen molar-refractivity contribution in [3.8, 4) is 11.1 Å². The Morgan fingerprint density at radius 3 is 2.41 bits per heavy atom. The Morgan fingerprint density at radius 2 is 1.77 bits per heavy atom. The van der Waals surface area contributed by atoms with Gasteiger partial charge in [-0.25, -0.2) is 4.98 Å². The third-order valence-corrected chi connectivity index (χ3v) is 2.81. The van der Waals surface area contributed by atoms with Crippen molar-refractivity contribution in [3.63, 3.8) is 0 Å². The van der Waals surface area contributed by atoms with Gasteiger partial charge in [0.05, 0.1) is 0 Å². The monoisotopic (exact) mass is 299 g/mol. The second kappa shape index (κ2) is 9.55. The summed E-state index contributed by atoms with van der Waals surface area (Å²) in [5.41, 5.74) is 2.70. The number of nitrogens with zero attached hydrogens (tertiary/aromatic N) is 1. The van der Waals surface area contributed by atoms with Crippen LogP contribution < -0.4 is 10.6 Å². The number of rotatable bonds is 4. The van der Waals surface area contributed by atoms with E-state index in [2.05, 4.69) is 29.5 Å². The number of benzene rings is 1. The van der Waals surface area contributed by atoms with Gasteiger partial charge >= 0.3 is 0 Å². The predicted molar refractivity (Wildman–Crippen MR) is 93.2 cm³/mol. The predicted octanol–water partition coefficient (Wildman–Crippen LogP) is 3.96. The summed E-state index contributed by atoms with van der Waals surface area (Å²) in [4.78, 5) is 16.0. The van der Waals surface area contributed by atoms with Crippen LogP contribution >= 0.6 is 0 Å². The molecule has 1 aromatic heterocycles. The molecule has 4 nitrogen and oxygen atoms in total. The van der Waals surface area contributed by atoms with Crippen molar-refractivity contribution in [3.05, 3.63) is 48.2 Å². The molecule has 4 heteroatoms. The Labute approximate surface area is 133 Å². The van der Waals surface area contributed by atoms with Crippen molar-refractivity contribution < 1.29 is 4.79 Å². The third-order valence-electron chi connectivity index (χ3n) is 2.81. The smallest absolute Gasteiger partial charge is 0.251 e. The van der Waals surface area contributed by atoms with E-state index in [1.807, 2.05) is 50.4 Å². The zero-order chi connectivity index (χ0) is 16.4. The van der Waals surface area contributed by atoms with Crippen molar-refractivity contribution >= 4 is 11.7 Å². The van der Waals surface area contributed by atoms with Gasteiger partial charge in [0.25, 0.3) is 5.91 Å². The molecular weight excluding hydrogens is 274 g/mol. The van der Waals surface area contributed by atoms with Crippen molar-refractivity contribution in [2.75, 3.05) is 18.9 Å². The molecule has 0 saturated heterocycles. The average Bonchev–Trinajstić information content (AvgIpc) is 2.56. The van der Waals surface area contributed by atoms with Gasteiger partial charge in [-0.05, 0) is 42.3 Å². The largest absolute Gasteiger partial charge is 0.373 e. The fourth-order valence-corrected chi connectivity index (χ4v) is 1.85. The Bertz CT molecular complexity index is 596. The molecule has 0 atom stereocenters. The topological polar surface area (TPSA) is 54.0 Å². The Morgan fingerprint density at radius 1 is 1.09 bits per heavy atom. The minimum absolute atomic E-state index is 0.0488. The molecule has 0 bridgehead atoms. The summed E-state index contributed by atoms with van der Waals surface area (Å²) in [5.74, 6) is 0.758. The minimum atomic E-state index is -0.0488. The van der Waals surface area contributed by atoms with Crippen molar-refractivity contribution in [1.29, 1.82) is 0 Å². The third kappa shape index (κ3) is 5.20. The lowest BCUT2D eigenvalue weighted by Gasteiger charge is -2.07. The molecule has 1 aromatic carbocycles. The van der Waals surface area contributed by atoms with E-state index < -0.39 is 0 Å². The van der Waals surface area contributed by atoms with Crippen LogP contribution in [0, 0.1) is 0 Å². The number of anilines is 1. The molecule has 0 aliphatic rings. The van der Waals surface area contributed by atoms with Crippen molar-refractivity contribution in [1.82, 2.24) is 10.3 Å². The molecule has 2 rings (SSSR count). The first kappa shape index (κ1) is 17.7. The van der Waals surface area contributed by atoms with E-state index >= 15 is 0 Å². The van der Waals surface area contributed by atoms with Gasteiger partial charge < -0.3 is 10.6 Å². The molecular formula is C18H25N3O. The lowest BCUT2D eigenvalue weighted by atomic mass is 10.0. The quantitative estimate of drug-likeness (QED) is 0.898. The van der Waals surface area contributed by atoms with Crippen LogP contribution in [0.5, 0.6) is 0 Å². The molecule has 0 saturated carbocycles. The minimum Gasteiger partial charge on any atom is -0.373 e. The summed E-state index contributed by atoms with van der Waals surface area (Å²) in [5, 5.41) is 5.80. The maximum absolute atomic E-state index is 11.8. The van der Waals surface area contributed by atoms with Crippen LogP contribution in [0.2, 0.25) is 0 Å². The highest BCUT2D eigenvalue weighted by Gasteiger charge is 2.06. The summed E-state index contributed by atoms with van der Waals surface area (Å²) in [6.45, 7) is 6.78. The number of aromatic nitrogens is 1. The molecule has 0 radical (unpaired) electrons. The van der Waals surface area contributed by atoms with E-state index in [9.17, 15) is 4.79 Å². The maximum atomic E-state index is 11.8. The van der Waals surface area contributed by atoms with E-state index in [0.717, 1.165) is 16.9 Å². The molecule has 2 aromatic rings. The number of hydrogen-bond acceptors (Lipinski definition) is 3. The van der Waals surface area contributed by atoms with Gasteiger partial charge in [-0.3, -0.25) is 4.79 Å².